The lowest BCUT2D eigenvalue weighted by atomic mass is 9.80. The van der Waals surface area contributed by atoms with Gasteiger partial charge in [0.1, 0.15) is 6.07 Å². The number of hydrogen-bond acceptors (Lipinski definition) is 2. The van der Waals surface area contributed by atoms with Crippen molar-refractivity contribution in [2.75, 3.05) is 5.32 Å². The highest BCUT2D eigenvalue weighted by Gasteiger charge is 2.25. The van der Waals surface area contributed by atoms with E-state index in [0.717, 1.165) is 11.6 Å². The summed E-state index contributed by atoms with van der Waals surface area (Å²) in [6, 6.07) is 8.17. The minimum atomic E-state index is 0.512. The van der Waals surface area contributed by atoms with Crippen LogP contribution in [0, 0.1) is 23.2 Å². The Morgan fingerprint density at radius 1 is 1.33 bits per heavy atom. The summed E-state index contributed by atoms with van der Waals surface area (Å²) in [5.74, 6) is 1.48. The van der Waals surface area contributed by atoms with Gasteiger partial charge in [0.05, 0.1) is 10.6 Å². The molecule has 0 saturated heterocycles. The number of nitriles is 1. The molecule has 0 aromatic heterocycles. The van der Waals surface area contributed by atoms with Crippen molar-refractivity contribution in [2.45, 2.75) is 39.2 Å². The molecule has 18 heavy (non-hydrogen) atoms. The second-order valence-electron chi connectivity index (χ2n) is 5.45. The Morgan fingerprint density at radius 3 is 2.78 bits per heavy atom. The van der Waals surface area contributed by atoms with E-state index in [9.17, 15) is 0 Å². The van der Waals surface area contributed by atoms with E-state index in [-0.39, 0.29) is 0 Å². The molecule has 0 radical (unpaired) electrons. The van der Waals surface area contributed by atoms with Crippen LogP contribution in [0.25, 0.3) is 0 Å². The molecule has 1 aromatic rings. The van der Waals surface area contributed by atoms with Crippen molar-refractivity contribution in [1.82, 2.24) is 0 Å². The summed E-state index contributed by atoms with van der Waals surface area (Å²) in [6.07, 6.45) is 3.81. The monoisotopic (exact) mass is 262 g/mol. The highest BCUT2D eigenvalue weighted by Crippen LogP contribution is 2.31. The van der Waals surface area contributed by atoms with Gasteiger partial charge in [0.2, 0.25) is 0 Å². The number of rotatable bonds is 2. The van der Waals surface area contributed by atoms with Crippen LogP contribution in [0.15, 0.2) is 18.2 Å². The summed E-state index contributed by atoms with van der Waals surface area (Å²) < 4.78 is 0. The van der Waals surface area contributed by atoms with Gasteiger partial charge in [0.15, 0.2) is 0 Å². The number of anilines is 1. The minimum Gasteiger partial charge on any atom is -0.382 e. The van der Waals surface area contributed by atoms with Crippen LogP contribution in [0.2, 0.25) is 5.02 Å². The van der Waals surface area contributed by atoms with Gasteiger partial charge >= 0.3 is 0 Å². The second kappa shape index (κ2) is 5.63. The van der Waals surface area contributed by atoms with Crippen LogP contribution in [0.1, 0.15) is 38.7 Å². The lowest BCUT2D eigenvalue weighted by Gasteiger charge is -2.34. The van der Waals surface area contributed by atoms with Gasteiger partial charge in [0, 0.05) is 11.7 Å². The van der Waals surface area contributed by atoms with Crippen molar-refractivity contribution < 1.29 is 0 Å². The zero-order valence-electron chi connectivity index (χ0n) is 10.9. The van der Waals surface area contributed by atoms with Crippen LogP contribution in [-0.4, -0.2) is 6.04 Å². The van der Waals surface area contributed by atoms with Gasteiger partial charge in [-0.3, -0.25) is 0 Å². The lowest BCUT2D eigenvalue weighted by molar-refractivity contribution is 0.281. The Balaban J connectivity index is 2.09. The maximum absolute atomic E-state index is 8.85. The lowest BCUT2D eigenvalue weighted by Crippen LogP contribution is -2.33. The predicted octanol–water partition coefficient (Wildman–Crippen LogP) is 4.45. The molecule has 1 aliphatic carbocycles. The number of benzene rings is 1. The largest absolute Gasteiger partial charge is 0.382 e. The third kappa shape index (κ3) is 2.97. The quantitative estimate of drug-likeness (QED) is 0.855. The van der Waals surface area contributed by atoms with Gasteiger partial charge in [-0.25, -0.2) is 0 Å². The van der Waals surface area contributed by atoms with Gasteiger partial charge in [-0.15, -0.1) is 0 Å². The molecule has 3 atom stereocenters. The van der Waals surface area contributed by atoms with Crippen molar-refractivity contribution in [3.05, 3.63) is 28.8 Å². The van der Waals surface area contributed by atoms with E-state index in [0.29, 0.717) is 22.5 Å². The van der Waals surface area contributed by atoms with Crippen LogP contribution in [0.5, 0.6) is 0 Å². The summed E-state index contributed by atoms with van der Waals surface area (Å²) in [6.45, 7) is 4.61. The molecule has 0 amide bonds. The standard InChI is InChI=1S/C15H19ClN2/c1-10-3-4-11(2)15(7-10)18-13-6-5-12(9-17)14(16)8-13/h5-6,8,10-11,15,18H,3-4,7H2,1-2H3. The Hall–Kier alpha value is -1.20. The third-order valence-corrected chi connectivity index (χ3v) is 4.21. The van der Waals surface area contributed by atoms with Crippen LogP contribution in [0.3, 0.4) is 0 Å². The highest BCUT2D eigenvalue weighted by atomic mass is 35.5. The Labute approximate surface area is 114 Å². The SMILES string of the molecule is CC1CCC(C)C(Nc2ccc(C#N)c(Cl)c2)C1. The average molecular weight is 263 g/mol. The normalized spacial score (nSPS) is 27.6. The fourth-order valence-electron chi connectivity index (χ4n) is 2.64. The average Bonchev–Trinajstić information content (AvgIpc) is 2.34. The van der Waals surface area contributed by atoms with E-state index in [1.165, 1.54) is 19.3 Å². The first-order valence-corrected chi connectivity index (χ1v) is 6.94. The number of halogens is 1. The zero-order valence-corrected chi connectivity index (χ0v) is 11.7. The van der Waals surface area contributed by atoms with Gasteiger partial charge in [-0.05, 0) is 42.9 Å². The third-order valence-electron chi connectivity index (χ3n) is 3.90. The molecular formula is C15H19ClN2. The Morgan fingerprint density at radius 2 is 2.11 bits per heavy atom. The highest BCUT2D eigenvalue weighted by molar-refractivity contribution is 6.32. The van der Waals surface area contributed by atoms with Crippen LogP contribution in [-0.2, 0) is 0 Å². The van der Waals surface area contributed by atoms with E-state index < -0.39 is 0 Å². The molecule has 1 aliphatic rings. The second-order valence-corrected chi connectivity index (χ2v) is 5.86. The molecule has 96 valence electrons. The van der Waals surface area contributed by atoms with Crippen molar-refractivity contribution in [1.29, 1.82) is 5.26 Å². The summed E-state index contributed by atoms with van der Waals surface area (Å²) in [5.41, 5.74) is 1.55. The van der Waals surface area contributed by atoms with Gasteiger partial charge < -0.3 is 5.32 Å². The van der Waals surface area contributed by atoms with E-state index in [4.69, 9.17) is 16.9 Å². The molecule has 0 bridgehead atoms. The fourth-order valence-corrected chi connectivity index (χ4v) is 2.87. The molecule has 0 spiro atoms. The van der Waals surface area contributed by atoms with Gasteiger partial charge in [0.25, 0.3) is 0 Å². The molecule has 2 nitrogen and oxygen atoms in total. The molecule has 1 N–H and O–H groups in total. The molecular weight excluding hydrogens is 244 g/mol. The van der Waals surface area contributed by atoms with Crippen molar-refractivity contribution in [3.8, 4) is 6.07 Å². The van der Waals surface area contributed by atoms with Gasteiger partial charge in [-0.1, -0.05) is 31.9 Å². The first kappa shape index (κ1) is 13.2. The van der Waals surface area contributed by atoms with Crippen molar-refractivity contribution in [2.24, 2.45) is 11.8 Å². The molecule has 1 saturated carbocycles. The first-order chi connectivity index (χ1) is 8.60. The van der Waals surface area contributed by atoms with E-state index in [1.54, 1.807) is 6.07 Å². The van der Waals surface area contributed by atoms with E-state index in [1.807, 2.05) is 12.1 Å². The van der Waals surface area contributed by atoms with E-state index in [2.05, 4.69) is 25.2 Å². The number of nitrogens with zero attached hydrogens (tertiary/aromatic N) is 1. The molecule has 1 aromatic carbocycles. The fraction of sp³-hybridized carbons (Fsp3) is 0.533. The number of nitrogens with one attached hydrogen (secondary N) is 1. The summed E-state index contributed by atoms with van der Waals surface area (Å²) in [7, 11) is 0. The van der Waals surface area contributed by atoms with Crippen LogP contribution < -0.4 is 5.32 Å². The Bertz CT molecular complexity index is 464. The maximum Gasteiger partial charge on any atom is 0.101 e. The first-order valence-electron chi connectivity index (χ1n) is 6.56. The molecule has 0 heterocycles. The molecule has 2 rings (SSSR count). The summed E-state index contributed by atoms with van der Waals surface area (Å²) in [4.78, 5) is 0. The number of hydrogen-bond donors (Lipinski definition) is 1. The van der Waals surface area contributed by atoms with Crippen LogP contribution >= 0.6 is 11.6 Å². The molecule has 1 fully saturated rings. The van der Waals surface area contributed by atoms with E-state index >= 15 is 0 Å². The maximum atomic E-state index is 8.85. The molecule has 3 unspecified atom stereocenters. The Kier molecular flexibility index (Phi) is 4.14. The van der Waals surface area contributed by atoms with Crippen molar-refractivity contribution >= 4 is 17.3 Å². The van der Waals surface area contributed by atoms with Crippen LogP contribution in [0.4, 0.5) is 5.69 Å². The summed E-state index contributed by atoms with van der Waals surface area (Å²) in [5, 5.41) is 12.9. The van der Waals surface area contributed by atoms with Gasteiger partial charge in [-0.2, -0.15) is 5.26 Å². The topological polar surface area (TPSA) is 35.8 Å². The van der Waals surface area contributed by atoms with Crippen molar-refractivity contribution in [3.63, 3.8) is 0 Å². The zero-order chi connectivity index (χ0) is 13.1. The summed E-state index contributed by atoms with van der Waals surface area (Å²) >= 11 is 6.05. The smallest absolute Gasteiger partial charge is 0.101 e. The molecule has 0 aliphatic heterocycles. The predicted molar refractivity (Wildman–Crippen MR) is 75.8 cm³/mol. The molecule has 3 heteroatoms. The minimum absolute atomic E-state index is 0.512.